The van der Waals surface area contributed by atoms with Crippen LogP contribution in [0.2, 0.25) is 0 Å². The smallest absolute Gasteiger partial charge is 0.142 e. The summed E-state index contributed by atoms with van der Waals surface area (Å²) in [5.74, 6) is 0. The lowest BCUT2D eigenvalue weighted by atomic mass is 10.2. The van der Waals surface area contributed by atoms with E-state index in [9.17, 15) is 0 Å². The Hall–Kier alpha value is -1.21. The van der Waals surface area contributed by atoms with Gasteiger partial charge in [-0.1, -0.05) is 0 Å². The van der Waals surface area contributed by atoms with E-state index >= 15 is 0 Å². The highest BCUT2D eigenvalue weighted by Gasteiger charge is 2.23. The lowest BCUT2D eigenvalue weighted by molar-refractivity contribution is 0.757. The summed E-state index contributed by atoms with van der Waals surface area (Å²) in [6.07, 6.45) is 7.57. The van der Waals surface area contributed by atoms with Gasteiger partial charge in [-0.25, -0.2) is 4.98 Å². The van der Waals surface area contributed by atoms with Gasteiger partial charge in [-0.15, -0.1) is 0 Å². The fraction of sp³-hybridized carbons (Fsp3) is 0.500. The third-order valence-corrected chi connectivity index (χ3v) is 4.06. The molecular formula is C12H15N3S. The molecule has 2 unspecified atom stereocenters. The van der Waals surface area contributed by atoms with Crippen LogP contribution >= 0.6 is 11.8 Å². The monoisotopic (exact) mass is 233 g/mol. The van der Waals surface area contributed by atoms with Crippen molar-refractivity contribution < 1.29 is 0 Å². The number of rotatable bonds is 3. The average Bonchev–Trinajstić information content (AvgIpc) is 2.77. The zero-order valence-electron chi connectivity index (χ0n) is 9.31. The Morgan fingerprint density at radius 2 is 2.44 bits per heavy atom. The van der Waals surface area contributed by atoms with E-state index in [4.69, 9.17) is 5.26 Å². The van der Waals surface area contributed by atoms with Gasteiger partial charge in [0.2, 0.25) is 0 Å². The van der Waals surface area contributed by atoms with Gasteiger partial charge in [0.05, 0.1) is 0 Å². The molecule has 2 atom stereocenters. The van der Waals surface area contributed by atoms with Crippen LogP contribution in [0.1, 0.15) is 25.0 Å². The zero-order valence-corrected chi connectivity index (χ0v) is 10.1. The van der Waals surface area contributed by atoms with Crippen LogP contribution in [0.3, 0.4) is 0 Å². The zero-order chi connectivity index (χ0) is 11.4. The molecule has 84 valence electrons. The third-order valence-electron chi connectivity index (χ3n) is 2.96. The minimum atomic E-state index is 0.476. The van der Waals surface area contributed by atoms with E-state index in [1.165, 1.54) is 19.3 Å². The van der Waals surface area contributed by atoms with Crippen molar-refractivity contribution >= 4 is 17.4 Å². The maximum Gasteiger partial charge on any atom is 0.142 e. The molecule has 1 aromatic heterocycles. The van der Waals surface area contributed by atoms with Crippen molar-refractivity contribution in [2.45, 2.75) is 30.6 Å². The molecule has 1 heterocycles. The summed E-state index contributed by atoms with van der Waals surface area (Å²) >= 11 is 1.95. The summed E-state index contributed by atoms with van der Waals surface area (Å²) in [5.41, 5.74) is 1.49. The quantitative estimate of drug-likeness (QED) is 0.872. The molecule has 0 radical (unpaired) electrons. The van der Waals surface area contributed by atoms with Crippen molar-refractivity contribution in [1.29, 1.82) is 5.26 Å². The van der Waals surface area contributed by atoms with E-state index in [0.717, 1.165) is 10.9 Å². The molecular weight excluding hydrogens is 218 g/mol. The second-order valence-electron chi connectivity index (χ2n) is 4.05. The van der Waals surface area contributed by atoms with Gasteiger partial charge in [-0.05, 0) is 37.7 Å². The van der Waals surface area contributed by atoms with E-state index in [1.54, 1.807) is 6.20 Å². The van der Waals surface area contributed by atoms with Crippen molar-refractivity contribution in [3.05, 3.63) is 24.0 Å². The summed E-state index contributed by atoms with van der Waals surface area (Å²) in [6, 6.07) is 6.34. The average molecular weight is 233 g/mol. The molecule has 0 spiro atoms. The summed E-state index contributed by atoms with van der Waals surface area (Å²) in [5, 5.41) is 13.0. The lowest BCUT2D eigenvalue weighted by Crippen LogP contribution is -2.16. The Bertz CT molecular complexity index is 399. The van der Waals surface area contributed by atoms with Gasteiger partial charge in [0.15, 0.2) is 0 Å². The van der Waals surface area contributed by atoms with Crippen molar-refractivity contribution in [3.8, 4) is 6.07 Å². The van der Waals surface area contributed by atoms with Gasteiger partial charge < -0.3 is 5.32 Å². The molecule has 1 N–H and O–H groups in total. The molecule has 0 amide bonds. The molecule has 0 aromatic carbocycles. The Labute approximate surface area is 100 Å². The number of hydrogen-bond acceptors (Lipinski definition) is 4. The van der Waals surface area contributed by atoms with Crippen LogP contribution in [0.5, 0.6) is 0 Å². The first-order valence-electron chi connectivity index (χ1n) is 5.47. The van der Waals surface area contributed by atoms with E-state index in [0.29, 0.717) is 11.7 Å². The van der Waals surface area contributed by atoms with Crippen molar-refractivity contribution in [3.63, 3.8) is 0 Å². The largest absolute Gasteiger partial charge is 0.382 e. The molecule has 0 bridgehead atoms. The van der Waals surface area contributed by atoms with E-state index in [1.807, 2.05) is 23.9 Å². The maximum atomic E-state index is 8.76. The Morgan fingerprint density at radius 1 is 1.56 bits per heavy atom. The summed E-state index contributed by atoms with van der Waals surface area (Å²) in [4.78, 5) is 3.96. The van der Waals surface area contributed by atoms with Crippen LogP contribution in [0.25, 0.3) is 0 Å². The van der Waals surface area contributed by atoms with Crippen LogP contribution in [0.15, 0.2) is 18.3 Å². The molecule has 1 fully saturated rings. The lowest BCUT2D eigenvalue weighted by Gasteiger charge is -2.13. The van der Waals surface area contributed by atoms with Crippen LogP contribution < -0.4 is 5.32 Å². The number of nitrogens with one attached hydrogen (secondary N) is 1. The highest BCUT2D eigenvalue weighted by molar-refractivity contribution is 7.99. The van der Waals surface area contributed by atoms with Crippen LogP contribution in [0, 0.1) is 11.3 Å². The van der Waals surface area contributed by atoms with Crippen LogP contribution in [-0.2, 0) is 0 Å². The number of nitriles is 1. The fourth-order valence-corrected chi connectivity index (χ4v) is 2.90. The molecule has 1 aliphatic rings. The normalized spacial score (nSPS) is 24.0. The number of aromatic nitrogens is 1. The predicted octanol–water partition coefficient (Wildman–Crippen LogP) is 2.65. The second kappa shape index (κ2) is 5.22. The molecule has 1 saturated carbocycles. The first-order valence-corrected chi connectivity index (χ1v) is 6.76. The van der Waals surface area contributed by atoms with Gasteiger partial charge >= 0.3 is 0 Å². The molecule has 0 aliphatic heterocycles. The van der Waals surface area contributed by atoms with Crippen LogP contribution in [0.4, 0.5) is 5.69 Å². The number of anilines is 1. The molecule has 1 aromatic rings. The molecule has 16 heavy (non-hydrogen) atoms. The van der Waals surface area contributed by atoms with Gasteiger partial charge in [0, 0.05) is 23.2 Å². The van der Waals surface area contributed by atoms with Crippen molar-refractivity contribution in [1.82, 2.24) is 4.98 Å². The van der Waals surface area contributed by atoms with Gasteiger partial charge in [0.1, 0.15) is 11.8 Å². The maximum absolute atomic E-state index is 8.76. The predicted molar refractivity (Wildman–Crippen MR) is 67.5 cm³/mol. The first kappa shape index (κ1) is 11.3. The van der Waals surface area contributed by atoms with Gasteiger partial charge in [-0.3, -0.25) is 0 Å². The van der Waals surface area contributed by atoms with Crippen molar-refractivity contribution in [2.75, 3.05) is 11.6 Å². The Morgan fingerprint density at radius 3 is 3.12 bits per heavy atom. The topological polar surface area (TPSA) is 48.7 Å². The third kappa shape index (κ3) is 2.67. The van der Waals surface area contributed by atoms with E-state index < -0.39 is 0 Å². The number of hydrogen-bond donors (Lipinski definition) is 1. The summed E-state index contributed by atoms with van der Waals surface area (Å²) in [7, 11) is 0. The summed E-state index contributed by atoms with van der Waals surface area (Å²) in [6.45, 7) is 0. The Kier molecular flexibility index (Phi) is 3.68. The summed E-state index contributed by atoms with van der Waals surface area (Å²) < 4.78 is 0. The van der Waals surface area contributed by atoms with Gasteiger partial charge in [-0.2, -0.15) is 17.0 Å². The number of pyridine rings is 1. The van der Waals surface area contributed by atoms with Gasteiger partial charge in [0.25, 0.3) is 0 Å². The number of nitrogens with zero attached hydrogens (tertiary/aromatic N) is 2. The molecule has 2 rings (SSSR count). The van der Waals surface area contributed by atoms with Crippen molar-refractivity contribution in [2.24, 2.45) is 0 Å². The highest BCUT2D eigenvalue weighted by Crippen LogP contribution is 2.30. The van der Waals surface area contributed by atoms with E-state index in [2.05, 4.69) is 22.6 Å². The minimum Gasteiger partial charge on any atom is -0.382 e. The highest BCUT2D eigenvalue weighted by atomic mass is 32.2. The standard InChI is InChI=1S/C12H15N3S/c1-16-12-3-2-9(7-12)15-10-4-5-14-11(6-10)8-13/h4-6,9,12H,2-3,7H2,1H3,(H,14,15). The molecule has 3 nitrogen and oxygen atoms in total. The minimum absolute atomic E-state index is 0.476. The first-order chi connectivity index (χ1) is 7.81. The number of thioether (sulfide) groups is 1. The molecule has 0 saturated heterocycles. The van der Waals surface area contributed by atoms with Crippen LogP contribution in [-0.4, -0.2) is 22.5 Å². The molecule has 1 aliphatic carbocycles. The fourth-order valence-electron chi connectivity index (χ4n) is 2.10. The molecule has 4 heteroatoms. The SMILES string of the molecule is CSC1CCC(Nc2ccnc(C#N)c2)C1. The van der Waals surface area contributed by atoms with E-state index in [-0.39, 0.29) is 0 Å². The second-order valence-corrected chi connectivity index (χ2v) is 5.19. The Balaban J connectivity index is 1.97.